The number of benzene rings is 2. The SMILES string of the molecule is CCC(C(=O)NCC(C)C)N(Cc1ccc(Cl)cc1)C(=O)CSc1ccc(C)cc1. The first-order chi connectivity index (χ1) is 14.3. The van der Waals surface area contributed by atoms with E-state index in [0.29, 0.717) is 30.5 Å². The zero-order valence-electron chi connectivity index (χ0n) is 18.2. The summed E-state index contributed by atoms with van der Waals surface area (Å²) in [6.45, 7) is 9.05. The van der Waals surface area contributed by atoms with Crippen LogP contribution in [0.25, 0.3) is 0 Å². The molecule has 1 unspecified atom stereocenters. The van der Waals surface area contributed by atoms with E-state index in [2.05, 4.69) is 19.2 Å². The Morgan fingerprint density at radius 2 is 1.70 bits per heavy atom. The van der Waals surface area contributed by atoms with Crippen molar-refractivity contribution in [2.45, 2.75) is 51.6 Å². The molecule has 1 atom stereocenters. The molecule has 2 aromatic rings. The normalized spacial score (nSPS) is 11.9. The van der Waals surface area contributed by atoms with Gasteiger partial charge in [0, 0.05) is 23.0 Å². The van der Waals surface area contributed by atoms with Crippen LogP contribution in [0.3, 0.4) is 0 Å². The Morgan fingerprint density at radius 1 is 1.07 bits per heavy atom. The number of hydrogen-bond donors (Lipinski definition) is 1. The molecule has 0 aliphatic rings. The summed E-state index contributed by atoms with van der Waals surface area (Å²) >= 11 is 7.49. The zero-order valence-corrected chi connectivity index (χ0v) is 19.7. The molecule has 2 amide bonds. The van der Waals surface area contributed by atoms with Crippen LogP contribution in [0.4, 0.5) is 0 Å². The van der Waals surface area contributed by atoms with Crippen LogP contribution in [0, 0.1) is 12.8 Å². The van der Waals surface area contributed by atoms with Crippen LogP contribution in [0.5, 0.6) is 0 Å². The van der Waals surface area contributed by atoms with E-state index < -0.39 is 6.04 Å². The van der Waals surface area contributed by atoms with E-state index in [1.54, 1.807) is 17.0 Å². The van der Waals surface area contributed by atoms with E-state index in [0.717, 1.165) is 10.5 Å². The summed E-state index contributed by atoms with van der Waals surface area (Å²) in [4.78, 5) is 28.8. The predicted octanol–water partition coefficient (Wildman–Crippen LogP) is 5.32. The number of rotatable bonds is 10. The minimum absolute atomic E-state index is 0.0536. The second-order valence-corrected chi connectivity index (χ2v) is 9.30. The molecule has 4 nitrogen and oxygen atoms in total. The molecule has 0 spiro atoms. The quantitative estimate of drug-likeness (QED) is 0.502. The van der Waals surface area contributed by atoms with Crippen molar-refractivity contribution in [3.05, 3.63) is 64.7 Å². The Morgan fingerprint density at radius 3 is 2.27 bits per heavy atom. The third-order valence-corrected chi connectivity index (χ3v) is 5.97. The number of halogens is 1. The van der Waals surface area contributed by atoms with Crippen LogP contribution in [0.2, 0.25) is 5.02 Å². The third kappa shape index (κ3) is 7.69. The molecule has 0 aromatic heterocycles. The number of carbonyl (C=O) groups excluding carboxylic acids is 2. The lowest BCUT2D eigenvalue weighted by Crippen LogP contribution is -2.50. The summed E-state index contributed by atoms with van der Waals surface area (Å²) in [6, 6.07) is 15.0. The highest BCUT2D eigenvalue weighted by Crippen LogP contribution is 2.21. The molecular weight excluding hydrogens is 416 g/mol. The van der Waals surface area contributed by atoms with Gasteiger partial charge in [0.05, 0.1) is 5.75 Å². The Bertz CT molecular complexity index is 822. The van der Waals surface area contributed by atoms with Gasteiger partial charge in [-0.1, -0.05) is 62.2 Å². The number of nitrogens with zero attached hydrogens (tertiary/aromatic N) is 1. The van der Waals surface area contributed by atoms with Crippen molar-refractivity contribution >= 4 is 35.2 Å². The maximum atomic E-state index is 13.2. The Kier molecular flexibility index (Phi) is 9.73. The number of nitrogens with one attached hydrogen (secondary N) is 1. The standard InChI is InChI=1S/C24H31ClN2O2S/c1-5-22(24(29)26-14-17(2)3)27(15-19-8-10-20(25)11-9-19)23(28)16-30-21-12-6-18(4)7-13-21/h6-13,17,22H,5,14-16H2,1-4H3,(H,26,29). The molecule has 1 N–H and O–H groups in total. The number of thioether (sulfide) groups is 1. The van der Waals surface area contributed by atoms with Crippen molar-refractivity contribution in [2.24, 2.45) is 5.92 Å². The molecule has 0 aliphatic heterocycles. The van der Waals surface area contributed by atoms with Gasteiger partial charge in [0.2, 0.25) is 11.8 Å². The molecule has 0 saturated carbocycles. The van der Waals surface area contributed by atoms with Crippen molar-refractivity contribution in [3.8, 4) is 0 Å². The van der Waals surface area contributed by atoms with Crippen molar-refractivity contribution in [1.82, 2.24) is 10.2 Å². The molecule has 30 heavy (non-hydrogen) atoms. The molecule has 0 aliphatic carbocycles. The fourth-order valence-electron chi connectivity index (χ4n) is 2.99. The maximum absolute atomic E-state index is 13.2. The molecule has 0 saturated heterocycles. The lowest BCUT2D eigenvalue weighted by molar-refractivity contribution is -0.139. The minimum Gasteiger partial charge on any atom is -0.354 e. The molecule has 0 fully saturated rings. The van der Waals surface area contributed by atoms with E-state index in [4.69, 9.17) is 11.6 Å². The molecule has 162 valence electrons. The molecule has 0 radical (unpaired) electrons. The first-order valence-corrected chi connectivity index (χ1v) is 11.7. The Hall–Kier alpha value is -1.98. The number of hydrogen-bond acceptors (Lipinski definition) is 3. The largest absolute Gasteiger partial charge is 0.354 e. The smallest absolute Gasteiger partial charge is 0.242 e. The highest BCUT2D eigenvalue weighted by molar-refractivity contribution is 8.00. The molecule has 0 heterocycles. The van der Waals surface area contributed by atoms with Crippen LogP contribution in [0.15, 0.2) is 53.4 Å². The van der Waals surface area contributed by atoms with E-state index in [1.807, 2.05) is 50.2 Å². The molecule has 2 rings (SSSR count). The monoisotopic (exact) mass is 446 g/mol. The van der Waals surface area contributed by atoms with Gasteiger partial charge in [-0.05, 0) is 49.1 Å². The lowest BCUT2D eigenvalue weighted by atomic mass is 10.1. The molecular formula is C24H31ClN2O2S. The molecule has 2 aromatic carbocycles. The zero-order chi connectivity index (χ0) is 22.1. The summed E-state index contributed by atoms with van der Waals surface area (Å²) in [5.41, 5.74) is 2.13. The van der Waals surface area contributed by atoms with Crippen molar-refractivity contribution in [1.29, 1.82) is 0 Å². The van der Waals surface area contributed by atoms with E-state index >= 15 is 0 Å². The van der Waals surface area contributed by atoms with Crippen LogP contribution in [-0.2, 0) is 16.1 Å². The summed E-state index contributed by atoms with van der Waals surface area (Å²) in [5.74, 6) is 0.477. The first-order valence-electron chi connectivity index (χ1n) is 10.3. The van der Waals surface area contributed by atoms with E-state index in [-0.39, 0.29) is 17.6 Å². The van der Waals surface area contributed by atoms with Gasteiger partial charge < -0.3 is 10.2 Å². The number of carbonyl (C=O) groups is 2. The molecule has 0 bridgehead atoms. The predicted molar refractivity (Wildman–Crippen MR) is 126 cm³/mol. The van der Waals surface area contributed by atoms with Crippen LogP contribution in [-0.4, -0.2) is 35.1 Å². The minimum atomic E-state index is -0.509. The number of aryl methyl sites for hydroxylation is 1. The highest BCUT2D eigenvalue weighted by Gasteiger charge is 2.28. The van der Waals surface area contributed by atoms with E-state index in [1.165, 1.54) is 17.3 Å². The average Bonchev–Trinajstić information content (AvgIpc) is 2.72. The third-order valence-electron chi connectivity index (χ3n) is 4.72. The first kappa shape index (κ1) is 24.3. The summed E-state index contributed by atoms with van der Waals surface area (Å²) in [5, 5.41) is 3.63. The van der Waals surface area contributed by atoms with Gasteiger partial charge in [0.1, 0.15) is 6.04 Å². The van der Waals surface area contributed by atoms with Crippen LogP contribution < -0.4 is 5.32 Å². The fraction of sp³-hybridized carbons (Fsp3) is 0.417. The average molecular weight is 447 g/mol. The van der Waals surface area contributed by atoms with Crippen molar-refractivity contribution in [3.63, 3.8) is 0 Å². The van der Waals surface area contributed by atoms with Crippen LogP contribution >= 0.6 is 23.4 Å². The fourth-order valence-corrected chi connectivity index (χ4v) is 3.90. The topological polar surface area (TPSA) is 49.4 Å². The van der Waals surface area contributed by atoms with Crippen LogP contribution in [0.1, 0.15) is 38.3 Å². The van der Waals surface area contributed by atoms with Crippen molar-refractivity contribution < 1.29 is 9.59 Å². The van der Waals surface area contributed by atoms with Crippen molar-refractivity contribution in [2.75, 3.05) is 12.3 Å². The van der Waals surface area contributed by atoms with E-state index in [9.17, 15) is 9.59 Å². The van der Waals surface area contributed by atoms with Gasteiger partial charge in [-0.25, -0.2) is 0 Å². The van der Waals surface area contributed by atoms with Gasteiger partial charge in [-0.3, -0.25) is 9.59 Å². The van der Waals surface area contributed by atoms with Gasteiger partial charge in [-0.2, -0.15) is 0 Å². The molecule has 6 heteroatoms. The highest BCUT2D eigenvalue weighted by atomic mass is 35.5. The second-order valence-electron chi connectivity index (χ2n) is 7.81. The summed E-state index contributed by atoms with van der Waals surface area (Å²) in [7, 11) is 0. The number of amides is 2. The summed E-state index contributed by atoms with van der Waals surface area (Å²) in [6.07, 6.45) is 0.554. The second kappa shape index (κ2) is 12.0. The Balaban J connectivity index is 2.17. The maximum Gasteiger partial charge on any atom is 0.242 e. The summed E-state index contributed by atoms with van der Waals surface area (Å²) < 4.78 is 0. The Labute approximate surface area is 189 Å². The van der Waals surface area contributed by atoms with Gasteiger partial charge in [0.25, 0.3) is 0 Å². The van der Waals surface area contributed by atoms with Gasteiger partial charge in [-0.15, -0.1) is 11.8 Å². The van der Waals surface area contributed by atoms with Gasteiger partial charge >= 0.3 is 0 Å². The van der Waals surface area contributed by atoms with Gasteiger partial charge in [0.15, 0.2) is 0 Å². The lowest BCUT2D eigenvalue weighted by Gasteiger charge is -2.31.